The van der Waals surface area contributed by atoms with Gasteiger partial charge < -0.3 is 4.90 Å². The van der Waals surface area contributed by atoms with E-state index >= 15 is 0 Å². The molecule has 0 N–H and O–H groups in total. The van der Waals surface area contributed by atoms with E-state index in [-0.39, 0.29) is 0 Å². The maximum absolute atomic E-state index is 8.34. The van der Waals surface area contributed by atoms with Gasteiger partial charge in [-0.25, -0.2) is 0 Å². The first kappa shape index (κ1) is 9.88. The Kier molecular flexibility index (Phi) is 5.21. The second-order valence-electron chi connectivity index (χ2n) is 3.07. The van der Waals surface area contributed by atoms with Gasteiger partial charge in [0.15, 0.2) is 0 Å². The summed E-state index contributed by atoms with van der Waals surface area (Å²) in [5.74, 6) is 2.58. The Morgan fingerprint density at radius 3 is 2.67 bits per heavy atom. The van der Waals surface area contributed by atoms with Gasteiger partial charge in [-0.15, -0.1) is 0 Å². The molecule has 1 aliphatic heterocycles. The van der Waals surface area contributed by atoms with E-state index in [1.807, 2.05) is 11.8 Å². The fourth-order valence-corrected chi connectivity index (χ4v) is 2.34. The molecule has 68 valence electrons. The fraction of sp³-hybridized carbons (Fsp3) is 0.889. The van der Waals surface area contributed by atoms with Crippen LogP contribution >= 0.6 is 11.8 Å². The highest BCUT2D eigenvalue weighted by Crippen LogP contribution is 2.09. The highest BCUT2D eigenvalue weighted by atomic mass is 32.2. The number of nitrogens with zero attached hydrogens (tertiary/aromatic N) is 2. The highest BCUT2D eigenvalue weighted by molar-refractivity contribution is 7.99. The zero-order chi connectivity index (χ0) is 8.65. The largest absolute Gasteiger partial charge is 0.302 e. The van der Waals surface area contributed by atoms with Gasteiger partial charge in [-0.2, -0.15) is 17.0 Å². The second kappa shape index (κ2) is 6.33. The number of thioether (sulfide) groups is 1. The minimum atomic E-state index is 0.725. The molecule has 1 saturated heterocycles. The summed E-state index contributed by atoms with van der Waals surface area (Å²) in [6, 6.07) is 2.18. The van der Waals surface area contributed by atoms with Crippen molar-refractivity contribution < 1.29 is 0 Å². The lowest BCUT2D eigenvalue weighted by Crippen LogP contribution is -2.33. The SMILES string of the molecule is N#CCCCCN1CCSCC1. The molecule has 1 rings (SSSR count). The van der Waals surface area contributed by atoms with Crippen LogP contribution in [-0.2, 0) is 0 Å². The van der Waals surface area contributed by atoms with E-state index in [1.54, 1.807) is 0 Å². The standard InChI is InChI=1S/C9H16N2S/c10-4-2-1-3-5-11-6-8-12-9-7-11/h1-3,5-9H2. The van der Waals surface area contributed by atoms with Gasteiger partial charge >= 0.3 is 0 Å². The van der Waals surface area contributed by atoms with Crippen molar-refractivity contribution in [1.29, 1.82) is 5.26 Å². The van der Waals surface area contributed by atoms with Crippen molar-refractivity contribution in [3.8, 4) is 6.07 Å². The molecular formula is C9H16N2S. The number of hydrogen-bond acceptors (Lipinski definition) is 3. The second-order valence-corrected chi connectivity index (χ2v) is 4.29. The van der Waals surface area contributed by atoms with Gasteiger partial charge in [0.25, 0.3) is 0 Å². The Morgan fingerprint density at radius 2 is 2.00 bits per heavy atom. The van der Waals surface area contributed by atoms with Gasteiger partial charge in [-0.1, -0.05) is 0 Å². The van der Waals surface area contributed by atoms with Gasteiger partial charge in [0.05, 0.1) is 6.07 Å². The summed E-state index contributed by atoms with van der Waals surface area (Å²) in [6.07, 6.45) is 2.99. The Bertz CT molecular complexity index is 147. The molecule has 1 aliphatic rings. The van der Waals surface area contributed by atoms with Crippen molar-refractivity contribution in [2.75, 3.05) is 31.1 Å². The normalized spacial score (nSPS) is 18.9. The highest BCUT2D eigenvalue weighted by Gasteiger charge is 2.08. The van der Waals surface area contributed by atoms with E-state index in [0.717, 1.165) is 12.8 Å². The third kappa shape index (κ3) is 3.99. The molecule has 0 aromatic heterocycles. The molecule has 0 amide bonds. The summed E-state index contributed by atoms with van der Waals surface area (Å²) in [6.45, 7) is 3.69. The third-order valence-corrected chi connectivity index (χ3v) is 3.06. The lowest BCUT2D eigenvalue weighted by atomic mass is 10.2. The van der Waals surface area contributed by atoms with Crippen molar-refractivity contribution in [3.63, 3.8) is 0 Å². The molecule has 0 unspecified atom stereocenters. The van der Waals surface area contributed by atoms with Crippen LogP contribution in [0.2, 0.25) is 0 Å². The molecule has 1 fully saturated rings. The van der Waals surface area contributed by atoms with Crippen LogP contribution in [0.5, 0.6) is 0 Å². The Balaban J connectivity index is 1.95. The van der Waals surface area contributed by atoms with E-state index < -0.39 is 0 Å². The molecule has 0 saturated carbocycles. The molecule has 0 aromatic carbocycles. The quantitative estimate of drug-likeness (QED) is 0.623. The summed E-state index contributed by atoms with van der Waals surface area (Å²) >= 11 is 2.05. The third-order valence-electron chi connectivity index (χ3n) is 2.12. The first-order valence-electron chi connectivity index (χ1n) is 4.60. The van der Waals surface area contributed by atoms with Crippen LogP contribution in [0.15, 0.2) is 0 Å². The maximum Gasteiger partial charge on any atom is 0.0621 e. The zero-order valence-electron chi connectivity index (χ0n) is 7.46. The molecule has 0 aliphatic carbocycles. The van der Waals surface area contributed by atoms with Crippen molar-refractivity contribution >= 4 is 11.8 Å². The number of unbranched alkanes of at least 4 members (excludes halogenated alkanes) is 2. The molecular weight excluding hydrogens is 168 g/mol. The number of rotatable bonds is 4. The smallest absolute Gasteiger partial charge is 0.0621 e. The van der Waals surface area contributed by atoms with Crippen LogP contribution in [0, 0.1) is 11.3 Å². The average Bonchev–Trinajstić information content (AvgIpc) is 2.14. The molecule has 1 heterocycles. The summed E-state index contributed by atoms with van der Waals surface area (Å²) in [4.78, 5) is 2.51. The van der Waals surface area contributed by atoms with Crippen LogP contribution in [0.1, 0.15) is 19.3 Å². The zero-order valence-corrected chi connectivity index (χ0v) is 8.28. The van der Waals surface area contributed by atoms with Gasteiger partial charge in [-0.3, -0.25) is 0 Å². The van der Waals surface area contributed by atoms with E-state index in [9.17, 15) is 0 Å². The van der Waals surface area contributed by atoms with E-state index in [4.69, 9.17) is 5.26 Å². The number of nitriles is 1. The minimum Gasteiger partial charge on any atom is -0.302 e. The minimum absolute atomic E-state index is 0.725. The molecule has 0 spiro atoms. The molecule has 0 radical (unpaired) electrons. The van der Waals surface area contributed by atoms with E-state index in [2.05, 4.69) is 11.0 Å². The fourth-order valence-electron chi connectivity index (χ4n) is 1.36. The van der Waals surface area contributed by atoms with Crippen molar-refractivity contribution in [2.24, 2.45) is 0 Å². The monoisotopic (exact) mass is 184 g/mol. The van der Waals surface area contributed by atoms with Crippen LogP contribution in [0.3, 0.4) is 0 Å². The van der Waals surface area contributed by atoms with Crippen LogP contribution in [0.4, 0.5) is 0 Å². The topological polar surface area (TPSA) is 27.0 Å². The molecule has 2 nitrogen and oxygen atoms in total. The lowest BCUT2D eigenvalue weighted by Gasteiger charge is -2.25. The Hall–Kier alpha value is -0.200. The molecule has 3 heteroatoms. The lowest BCUT2D eigenvalue weighted by molar-refractivity contribution is 0.296. The molecule has 0 atom stereocenters. The summed E-state index contributed by atoms with van der Waals surface area (Å²) in [5, 5.41) is 8.34. The Labute approximate surface area is 78.9 Å². The molecule has 12 heavy (non-hydrogen) atoms. The van der Waals surface area contributed by atoms with Gasteiger partial charge in [-0.05, 0) is 19.4 Å². The van der Waals surface area contributed by atoms with Crippen molar-refractivity contribution in [3.05, 3.63) is 0 Å². The average molecular weight is 184 g/mol. The van der Waals surface area contributed by atoms with Crippen LogP contribution in [0.25, 0.3) is 0 Å². The van der Waals surface area contributed by atoms with Gasteiger partial charge in [0, 0.05) is 31.0 Å². The van der Waals surface area contributed by atoms with Gasteiger partial charge in [0.1, 0.15) is 0 Å². The molecule has 0 bridgehead atoms. The van der Waals surface area contributed by atoms with E-state index in [0.29, 0.717) is 0 Å². The predicted octanol–water partition coefficient (Wildman–Crippen LogP) is 1.73. The van der Waals surface area contributed by atoms with Crippen molar-refractivity contribution in [2.45, 2.75) is 19.3 Å². The Morgan fingerprint density at radius 1 is 1.25 bits per heavy atom. The van der Waals surface area contributed by atoms with Crippen LogP contribution in [-0.4, -0.2) is 36.0 Å². The first-order chi connectivity index (χ1) is 5.93. The molecule has 0 aromatic rings. The summed E-state index contributed by atoms with van der Waals surface area (Å²) < 4.78 is 0. The van der Waals surface area contributed by atoms with Crippen LogP contribution < -0.4 is 0 Å². The van der Waals surface area contributed by atoms with E-state index in [1.165, 1.54) is 37.6 Å². The number of hydrogen-bond donors (Lipinski definition) is 0. The first-order valence-corrected chi connectivity index (χ1v) is 5.76. The summed E-state index contributed by atoms with van der Waals surface area (Å²) in [5.41, 5.74) is 0. The summed E-state index contributed by atoms with van der Waals surface area (Å²) in [7, 11) is 0. The predicted molar refractivity (Wildman–Crippen MR) is 53.2 cm³/mol. The van der Waals surface area contributed by atoms with Gasteiger partial charge in [0.2, 0.25) is 0 Å². The maximum atomic E-state index is 8.34. The van der Waals surface area contributed by atoms with Crippen molar-refractivity contribution in [1.82, 2.24) is 4.90 Å².